The maximum atomic E-state index is 13.4. The van der Waals surface area contributed by atoms with Gasteiger partial charge in [0.15, 0.2) is 5.82 Å². The summed E-state index contributed by atoms with van der Waals surface area (Å²) in [6.45, 7) is 5.96. The van der Waals surface area contributed by atoms with Crippen LogP contribution in [0.25, 0.3) is 11.4 Å². The van der Waals surface area contributed by atoms with Gasteiger partial charge in [-0.25, -0.2) is 9.97 Å². The molecule has 0 aliphatic carbocycles. The van der Waals surface area contributed by atoms with E-state index in [1.165, 1.54) is 11.3 Å². The zero-order valence-corrected chi connectivity index (χ0v) is 19.4. The van der Waals surface area contributed by atoms with E-state index in [4.69, 9.17) is 4.74 Å². The number of ether oxygens (including phenoxy) is 1. The van der Waals surface area contributed by atoms with Gasteiger partial charge < -0.3 is 10.1 Å². The van der Waals surface area contributed by atoms with E-state index in [1.54, 1.807) is 5.51 Å². The topological polar surface area (TPSA) is 89.9 Å². The highest BCUT2D eigenvalue weighted by Gasteiger charge is 2.43. The fourth-order valence-corrected chi connectivity index (χ4v) is 4.62. The second-order valence-electron chi connectivity index (χ2n) is 8.51. The first-order valence-corrected chi connectivity index (χ1v) is 11.6. The second-order valence-corrected chi connectivity index (χ2v) is 9.35. The Kier molecular flexibility index (Phi) is 5.38. The fourth-order valence-electron chi connectivity index (χ4n) is 4.18. The Morgan fingerprint density at radius 2 is 1.85 bits per heavy atom. The van der Waals surface area contributed by atoms with Crippen LogP contribution in [0.4, 0.5) is 5.13 Å². The first kappa shape index (κ1) is 21.2. The number of hydrogen-bond donors (Lipinski definition) is 1. The van der Waals surface area contributed by atoms with Gasteiger partial charge in [0.05, 0.1) is 5.41 Å². The first-order valence-electron chi connectivity index (χ1n) is 10.8. The third-order valence-electron chi connectivity index (χ3n) is 6.03. The minimum Gasteiger partial charge on any atom is -0.457 e. The van der Waals surface area contributed by atoms with Crippen molar-refractivity contribution in [3.8, 4) is 22.9 Å². The minimum atomic E-state index is -0.791. The van der Waals surface area contributed by atoms with Gasteiger partial charge in [-0.05, 0) is 24.1 Å². The third kappa shape index (κ3) is 3.87. The number of fused-ring (bicyclic) bond motifs is 2. The largest absolute Gasteiger partial charge is 0.457 e. The monoisotopic (exact) mass is 457 g/mol. The zero-order chi connectivity index (χ0) is 23.0. The molecule has 0 spiro atoms. The van der Waals surface area contributed by atoms with E-state index in [0.717, 1.165) is 34.4 Å². The number of nitrogens with one attached hydrogen (secondary N) is 1. The zero-order valence-electron chi connectivity index (χ0n) is 18.6. The average molecular weight is 458 g/mol. The van der Waals surface area contributed by atoms with Gasteiger partial charge in [-0.2, -0.15) is 0 Å². The van der Waals surface area contributed by atoms with Crippen LogP contribution in [-0.2, 0) is 11.2 Å². The molecular weight excluding hydrogens is 434 g/mol. The number of carbonyl (C=O) groups is 1. The molecule has 0 radical (unpaired) electrons. The molecule has 0 saturated carbocycles. The number of nitrogens with zero attached hydrogens (tertiary/aromatic N) is 4. The molecule has 1 aliphatic rings. The summed E-state index contributed by atoms with van der Waals surface area (Å²) in [5.74, 6) is 1.74. The van der Waals surface area contributed by atoms with Crippen LogP contribution in [0.5, 0.6) is 11.5 Å². The maximum Gasteiger partial charge on any atom is 0.232 e. The Morgan fingerprint density at radius 3 is 2.58 bits per heavy atom. The van der Waals surface area contributed by atoms with Crippen molar-refractivity contribution in [1.82, 2.24) is 20.2 Å². The molecule has 7 nitrogen and oxygen atoms in total. The van der Waals surface area contributed by atoms with E-state index >= 15 is 0 Å². The lowest BCUT2D eigenvalue weighted by Crippen LogP contribution is -2.38. The summed E-state index contributed by atoms with van der Waals surface area (Å²) in [7, 11) is 0. The molecule has 1 aliphatic heterocycles. The predicted molar refractivity (Wildman–Crippen MR) is 128 cm³/mol. The quantitative estimate of drug-likeness (QED) is 0.428. The molecule has 0 unspecified atom stereocenters. The van der Waals surface area contributed by atoms with Gasteiger partial charge in [0.1, 0.15) is 17.0 Å². The molecular formula is C25H23N5O2S. The molecule has 2 aromatic heterocycles. The molecule has 0 fully saturated rings. The van der Waals surface area contributed by atoms with Gasteiger partial charge in [0, 0.05) is 35.0 Å². The molecule has 2 aromatic carbocycles. The molecule has 5 rings (SSSR count). The standard InChI is InChI=1S/C25H23N5O2S/c1-4-15-12-26-22(27-13-15)16-9-10-18-20(11-16)32-19-8-6-5-7-17(19)21(18)25(2,3)23(31)29-24-30-28-14-33-24/h5-14,21H,4H2,1-3H3,(H,29,30,31)/t21-/m1/s1. The highest BCUT2D eigenvalue weighted by molar-refractivity contribution is 7.13. The van der Waals surface area contributed by atoms with Gasteiger partial charge in [0.25, 0.3) is 0 Å². The summed E-state index contributed by atoms with van der Waals surface area (Å²) < 4.78 is 6.29. The molecule has 33 heavy (non-hydrogen) atoms. The average Bonchev–Trinajstić information content (AvgIpc) is 3.35. The number of amides is 1. The summed E-state index contributed by atoms with van der Waals surface area (Å²) in [5.41, 5.74) is 4.67. The highest BCUT2D eigenvalue weighted by atomic mass is 32.1. The number of para-hydroxylation sites is 1. The van der Waals surface area contributed by atoms with Gasteiger partial charge in [-0.1, -0.05) is 62.4 Å². The number of benzene rings is 2. The lowest BCUT2D eigenvalue weighted by Gasteiger charge is -2.38. The molecule has 4 aromatic rings. The van der Waals surface area contributed by atoms with Crippen molar-refractivity contribution < 1.29 is 9.53 Å². The van der Waals surface area contributed by atoms with Crippen LogP contribution in [0.15, 0.2) is 60.4 Å². The van der Waals surface area contributed by atoms with Crippen LogP contribution in [0.3, 0.4) is 0 Å². The van der Waals surface area contributed by atoms with E-state index in [1.807, 2.05) is 68.7 Å². The van der Waals surface area contributed by atoms with Crippen LogP contribution in [0.1, 0.15) is 43.4 Å². The van der Waals surface area contributed by atoms with E-state index in [-0.39, 0.29) is 11.8 Å². The number of rotatable bonds is 5. The number of aromatic nitrogens is 4. The first-order chi connectivity index (χ1) is 16.0. The molecule has 1 amide bonds. The van der Waals surface area contributed by atoms with Gasteiger partial charge >= 0.3 is 0 Å². The molecule has 3 heterocycles. The molecule has 0 saturated heterocycles. The minimum absolute atomic E-state index is 0.130. The van der Waals surface area contributed by atoms with Crippen molar-refractivity contribution in [2.45, 2.75) is 33.1 Å². The summed E-state index contributed by atoms with van der Waals surface area (Å²) in [4.78, 5) is 22.4. The smallest absolute Gasteiger partial charge is 0.232 e. The third-order valence-corrected chi connectivity index (χ3v) is 6.64. The lowest BCUT2D eigenvalue weighted by molar-refractivity contribution is -0.124. The van der Waals surface area contributed by atoms with Crippen molar-refractivity contribution in [3.63, 3.8) is 0 Å². The highest BCUT2D eigenvalue weighted by Crippen LogP contribution is 2.52. The number of aryl methyl sites for hydroxylation is 1. The summed E-state index contributed by atoms with van der Waals surface area (Å²) in [6, 6.07) is 13.8. The number of hydrogen-bond acceptors (Lipinski definition) is 7. The molecule has 0 bridgehead atoms. The number of anilines is 1. The Balaban J connectivity index is 1.57. The fraction of sp³-hybridized carbons (Fsp3) is 0.240. The van der Waals surface area contributed by atoms with Crippen LogP contribution >= 0.6 is 11.3 Å². The Hall–Kier alpha value is -3.65. The summed E-state index contributed by atoms with van der Waals surface area (Å²) >= 11 is 1.29. The SMILES string of the molecule is CCc1cnc(-c2ccc3c(c2)Oc2ccccc2[C@H]3C(C)(C)C(=O)Nc2nncs2)nc1. The van der Waals surface area contributed by atoms with Gasteiger partial charge in [0.2, 0.25) is 11.0 Å². The summed E-state index contributed by atoms with van der Waals surface area (Å²) in [6.07, 6.45) is 4.59. The summed E-state index contributed by atoms with van der Waals surface area (Å²) in [5, 5.41) is 11.2. The van der Waals surface area contributed by atoms with E-state index in [0.29, 0.717) is 16.7 Å². The lowest BCUT2D eigenvalue weighted by atomic mass is 9.69. The van der Waals surface area contributed by atoms with E-state index < -0.39 is 5.41 Å². The van der Waals surface area contributed by atoms with Crippen LogP contribution in [-0.4, -0.2) is 26.1 Å². The Morgan fingerprint density at radius 1 is 1.09 bits per heavy atom. The molecule has 8 heteroatoms. The van der Waals surface area contributed by atoms with Crippen molar-refractivity contribution in [1.29, 1.82) is 0 Å². The van der Waals surface area contributed by atoms with Crippen molar-refractivity contribution in [3.05, 3.63) is 77.1 Å². The van der Waals surface area contributed by atoms with Crippen LogP contribution < -0.4 is 10.1 Å². The van der Waals surface area contributed by atoms with Crippen molar-refractivity contribution in [2.24, 2.45) is 5.41 Å². The molecule has 166 valence electrons. The predicted octanol–water partition coefficient (Wildman–Crippen LogP) is 5.46. The van der Waals surface area contributed by atoms with Crippen LogP contribution in [0.2, 0.25) is 0 Å². The number of carbonyl (C=O) groups excluding carboxylic acids is 1. The van der Waals surface area contributed by atoms with Crippen molar-refractivity contribution in [2.75, 3.05) is 5.32 Å². The maximum absolute atomic E-state index is 13.4. The Bertz CT molecular complexity index is 1300. The normalized spacial score (nSPS) is 14.7. The van der Waals surface area contributed by atoms with Crippen molar-refractivity contribution >= 4 is 22.4 Å². The second kappa shape index (κ2) is 8.37. The van der Waals surface area contributed by atoms with Gasteiger partial charge in [-0.15, -0.1) is 10.2 Å². The van der Waals surface area contributed by atoms with Gasteiger partial charge in [-0.3, -0.25) is 4.79 Å². The van der Waals surface area contributed by atoms with E-state index in [2.05, 4.69) is 32.4 Å². The van der Waals surface area contributed by atoms with Crippen LogP contribution in [0, 0.1) is 5.41 Å². The van der Waals surface area contributed by atoms with E-state index in [9.17, 15) is 4.79 Å². The molecule has 1 atom stereocenters. The molecule has 1 N–H and O–H groups in total. The Labute approximate surface area is 195 Å².